The Bertz CT molecular complexity index is 3010. The average molecular weight is 1230 g/mol. The van der Waals surface area contributed by atoms with Crippen LogP contribution in [-0.2, 0) is 47.7 Å². The van der Waals surface area contributed by atoms with E-state index in [1.807, 2.05) is 0 Å². The zero-order valence-electron chi connectivity index (χ0n) is 43.6. The molecule has 30 heteroatoms. The Morgan fingerprint density at radius 1 is 0.282 bits per heavy atom. The minimum absolute atomic E-state index is 0.0177. The van der Waals surface area contributed by atoms with Crippen molar-refractivity contribution in [1.82, 2.24) is 0 Å². The Balaban J connectivity index is 0.000000532. The maximum absolute atomic E-state index is 13.1. The second-order valence-electron chi connectivity index (χ2n) is 14.5. The largest absolute Gasteiger partial charge is 0.490 e. The van der Waals surface area contributed by atoms with E-state index in [0.717, 1.165) is 42.5 Å². The third-order valence-electron chi connectivity index (χ3n) is 8.67. The summed E-state index contributed by atoms with van der Waals surface area (Å²) in [6.07, 6.45) is 4.79. The molecule has 0 aromatic heterocycles. The minimum atomic E-state index is -2.28. The molecule has 0 bridgehead atoms. The number of carbonyl (C=O) groups is 5. The molecular weight excluding hydrogens is 1190 g/mol. The second-order valence-corrected chi connectivity index (χ2v) is 14.5. The predicted molar refractivity (Wildman–Crippen MR) is 265 cm³/mol. The Hall–Kier alpha value is -9.90. The monoisotopic (exact) mass is 1230 g/mol. The van der Waals surface area contributed by atoms with E-state index in [4.69, 9.17) is 14.2 Å². The molecule has 0 heterocycles. The Kier molecular flexibility index (Phi) is 34.0. The molecule has 5 aromatic rings. The number of benzene rings is 5. The van der Waals surface area contributed by atoms with E-state index in [0.29, 0.717) is 17.9 Å². The molecule has 0 saturated carbocycles. The quantitative estimate of drug-likeness (QED) is 0.0102. The molecule has 85 heavy (non-hydrogen) atoms. The predicted octanol–water partition coefficient (Wildman–Crippen LogP) is 11.1. The summed E-state index contributed by atoms with van der Waals surface area (Å²) in [4.78, 5) is 53.0. The SMILES string of the molecule is C=CC(=O)OCCOc1c(F)c(F)c(F)c(F)c1F.C=CC(=O)OCCOc1c(F)c(F)cc(F)c1F.C=CC(=O)OCCOc1cc(F)c(F)c(F)c1.C=CC(=O)OCCOc1ccc(F)c(F)c1.C=CC(=O)OCCOc1ccc(F)cc1. The fourth-order valence-corrected chi connectivity index (χ4v) is 4.87. The van der Waals surface area contributed by atoms with Crippen LogP contribution in [0.2, 0.25) is 0 Å². The molecule has 15 nitrogen and oxygen atoms in total. The van der Waals surface area contributed by atoms with Crippen LogP contribution in [0, 0.1) is 87.3 Å². The Morgan fingerprint density at radius 2 is 0.565 bits per heavy atom. The molecule has 0 aliphatic heterocycles. The fourth-order valence-electron chi connectivity index (χ4n) is 4.87. The maximum Gasteiger partial charge on any atom is 0.330 e. The van der Waals surface area contributed by atoms with E-state index in [1.165, 1.54) is 30.3 Å². The van der Waals surface area contributed by atoms with Gasteiger partial charge >= 0.3 is 29.8 Å². The van der Waals surface area contributed by atoms with Gasteiger partial charge in [-0.1, -0.05) is 32.9 Å². The summed E-state index contributed by atoms with van der Waals surface area (Å²) in [5.41, 5.74) is 0. The lowest BCUT2D eigenvalue weighted by Gasteiger charge is -2.10. The smallest absolute Gasteiger partial charge is 0.330 e. The standard InChI is InChI=1S/C11H7F5O3.C11H8F4O3.C11H9F3O3.C11H10F2O3.C11H11FO3/c1-2-5(17)18-3-4-19-11-9(15)7(13)6(12)8(14)10(11)16;1-2-8(16)17-3-4-18-11-9(14)6(12)5-7(13)10(11)15;1-2-10(15)17-4-3-16-7-5-8(12)11(14)9(13)6-7;1-2-11(14)16-6-5-15-8-3-4-9(12)10(13)7-8;1-2-11(13)15-8-7-14-10-5-3-9(12)4-6-10/h2H,1,3-4H2;2,5H,1,3-4H2;2,5-6H,1,3-4H2;2-4,7H,1,5-6H2;2-6H,1,7-8H2. The molecule has 5 rings (SSSR count). The van der Waals surface area contributed by atoms with Crippen LogP contribution in [0.4, 0.5) is 65.9 Å². The summed E-state index contributed by atoms with van der Waals surface area (Å²) in [6, 6.07) is 10.2. The first-order valence-electron chi connectivity index (χ1n) is 23.1. The summed E-state index contributed by atoms with van der Waals surface area (Å²) >= 11 is 0. The summed E-state index contributed by atoms with van der Waals surface area (Å²) in [6.45, 7) is 14.2. The molecule has 0 amide bonds. The normalized spacial score (nSPS) is 9.82. The van der Waals surface area contributed by atoms with Gasteiger partial charge in [0.25, 0.3) is 0 Å². The highest BCUT2D eigenvalue weighted by atomic mass is 19.2. The van der Waals surface area contributed by atoms with E-state index >= 15 is 0 Å². The first-order valence-corrected chi connectivity index (χ1v) is 23.1. The van der Waals surface area contributed by atoms with Crippen LogP contribution >= 0.6 is 0 Å². The van der Waals surface area contributed by atoms with E-state index < -0.39 is 143 Å². The first kappa shape index (κ1) is 73.1. The number of hydrogen-bond acceptors (Lipinski definition) is 15. The lowest BCUT2D eigenvalue weighted by molar-refractivity contribution is -0.139. The number of rotatable bonds is 25. The van der Waals surface area contributed by atoms with Gasteiger partial charge in [0, 0.05) is 54.6 Å². The topological polar surface area (TPSA) is 178 Å². The molecule has 0 fully saturated rings. The maximum atomic E-state index is 13.1. The van der Waals surface area contributed by atoms with Gasteiger partial charge in [0.15, 0.2) is 52.2 Å². The van der Waals surface area contributed by atoms with Gasteiger partial charge in [-0.25, -0.2) is 72.3 Å². The van der Waals surface area contributed by atoms with Gasteiger partial charge < -0.3 is 47.4 Å². The van der Waals surface area contributed by atoms with Crippen LogP contribution in [-0.4, -0.2) is 95.9 Å². The molecule has 0 aliphatic carbocycles. The van der Waals surface area contributed by atoms with Gasteiger partial charge in [0.2, 0.25) is 40.7 Å². The highest BCUT2D eigenvalue weighted by Gasteiger charge is 2.27. The lowest BCUT2D eigenvalue weighted by Crippen LogP contribution is -2.13. The van der Waals surface area contributed by atoms with Gasteiger partial charge in [-0.3, -0.25) is 0 Å². The summed E-state index contributed by atoms with van der Waals surface area (Å²) < 4.78 is 238. The van der Waals surface area contributed by atoms with Crippen molar-refractivity contribution in [3.05, 3.63) is 211 Å². The van der Waals surface area contributed by atoms with Crippen LogP contribution in [0.3, 0.4) is 0 Å². The van der Waals surface area contributed by atoms with E-state index in [1.54, 1.807) is 0 Å². The van der Waals surface area contributed by atoms with E-state index in [-0.39, 0.29) is 69.6 Å². The molecule has 0 aliphatic rings. The van der Waals surface area contributed by atoms with Gasteiger partial charge in [0.1, 0.15) is 89.1 Å². The highest BCUT2D eigenvalue weighted by Crippen LogP contribution is 2.29. The summed E-state index contributed by atoms with van der Waals surface area (Å²) in [5.74, 6) is -29.0. The van der Waals surface area contributed by atoms with Gasteiger partial charge in [-0.15, -0.1) is 0 Å². The van der Waals surface area contributed by atoms with Crippen LogP contribution in [0.15, 0.2) is 124 Å². The second kappa shape index (κ2) is 39.5. The number of ether oxygens (including phenoxy) is 10. The van der Waals surface area contributed by atoms with Crippen LogP contribution < -0.4 is 23.7 Å². The van der Waals surface area contributed by atoms with Gasteiger partial charge in [-0.05, 0) is 36.4 Å². The Labute approximate surface area is 472 Å². The molecule has 460 valence electrons. The van der Waals surface area contributed by atoms with E-state index in [9.17, 15) is 89.8 Å². The number of hydrogen-bond donors (Lipinski definition) is 0. The Morgan fingerprint density at radius 3 is 0.918 bits per heavy atom. The van der Waals surface area contributed by atoms with Crippen molar-refractivity contribution in [2.75, 3.05) is 66.1 Å². The van der Waals surface area contributed by atoms with Crippen molar-refractivity contribution in [3.63, 3.8) is 0 Å². The zero-order chi connectivity index (χ0) is 64.2. The zero-order valence-corrected chi connectivity index (χ0v) is 43.6. The number of halogens is 15. The van der Waals surface area contributed by atoms with Crippen molar-refractivity contribution >= 4 is 29.8 Å². The molecule has 0 spiro atoms. The van der Waals surface area contributed by atoms with Gasteiger partial charge in [-0.2, -0.15) is 17.6 Å². The molecule has 0 unspecified atom stereocenters. The summed E-state index contributed by atoms with van der Waals surface area (Å²) in [7, 11) is 0. The highest BCUT2D eigenvalue weighted by molar-refractivity contribution is 5.82. The molecule has 0 N–H and O–H groups in total. The minimum Gasteiger partial charge on any atom is -0.490 e. The van der Waals surface area contributed by atoms with Crippen LogP contribution in [0.5, 0.6) is 28.7 Å². The van der Waals surface area contributed by atoms with Crippen LogP contribution in [0.1, 0.15) is 0 Å². The molecule has 0 radical (unpaired) electrons. The van der Waals surface area contributed by atoms with Crippen molar-refractivity contribution in [1.29, 1.82) is 0 Å². The fraction of sp³-hybridized carbons (Fsp3) is 0.182. The molecule has 5 aromatic carbocycles. The third kappa shape index (κ3) is 27.6. The third-order valence-corrected chi connectivity index (χ3v) is 8.67. The van der Waals surface area contributed by atoms with Crippen LogP contribution in [0.25, 0.3) is 0 Å². The van der Waals surface area contributed by atoms with Crippen molar-refractivity contribution in [3.8, 4) is 28.7 Å². The van der Waals surface area contributed by atoms with Crippen molar-refractivity contribution < 1.29 is 137 Å². The molecular formula is C55H45F15O15. The number of carbonyl (C=O) groups excluding carboxylic acids is 5. The lowest BCUT2D eigenvalue weighted by atomic mass is 10.2. The first-order chi connectivity index (χ1) is 40.3. The molecule has 0 saturated heterocycles. The number of esters is 5. The van der Waals surface area contributed by atoms with E-state index in [2.05, 4.69) is 66.1 Å². The van der Waals surface area contributed by atoms with Crippen molar-refractivity contribution in [2.24, 2.45) is 0 Å². The van der Waals surface area contributed by atoms with Gasteiger partial charge in [0.05, 0.1) is 0 Å². The summed E-state index contributed by atoms with van der Waals surface area (Å²) in [5, 5.41) is 0. The van der Waals surface area contributed by atoms with Crippen molar-refractivity contribution in [2.45, 2.75) is 0 Å². The molecule has 0 atom stereocenters. The average Bonchev–Trinajstić information content (AvgIpc) is 3.68.